The van der Waals surface area contributed by atoms with Crippen molar-refractivity contribution in [2.24, 2.45) is 5.73 Å². The highest BCUT2D eigenvalue weighted by Crippen LogP contribution is 1.99. The Hall–Kier alpha value is -0.900. The van der Waals surface area contributed by atoms with Crippen molar-refractivity contribution in [1.29, 1.82) is 0 Å². The number of rotatable bonds is 7. The van der Waals surface area contributed by atoms with Gasteiger partial charge in [0.1, 0.15) is 0 Å². The van der Waals surface area contributed by atoms with E-state index in [4.69, 9.17) is 5.73 Å². The molecular formula is C13H23N3. The second kappa shape index (κ2) is 7.39. The summed E-state index contributed by atoms with van der Waals surface area (Å²) in [6.45, 7) is 5.11. The first-order valence-corrected chi connectivity index (χ1v) is 6.05. The normalized spacial score (nSPS) is 14.7. The average Bonchev–Trinajstić information content (AvgIpc) is 2.35. The maximum absolute atomic E-state index is 5.87. The molecule has 0 saturated heterocycles. The summed E-state index contributed by atoms with van der Waals surface area (Å²) in [7, 11) is 0. The minimum atomic E-state index is 0.0771. The van der Waals surface area contributed by atoms with Gasteiger partial charge in [0.2, 0.25) is 0 Å². The van der Waals surface area contributed by atoms with Gasteiger partial charge >= 0.3 is 0 Å². The van der Waals surface area contributed by atoms with Crippen molar-refractivity contribution >= 4 is 0 Å². The van der Waals surface area contributed by atoms with E-state index < -0.39 is 0 Å². The van der Waals surface area contributed by atoms with Gasteiger partial charge in [-0.3, -0.25) is 10.6 Å². The Labute approximate surface area is 98.4 Å². The van der Waals surface area contributed by atoms with Crippen molar-refractivity contribution in [2.75, 3.05) is 0 Å². The molecule has 0 saturated carbocycles. The molecule has 3 nitrogen and oxygen atoms in total. The third-order valence-electron chi connectivity index (χ3n) is 2.66. The Balaban J connectivity index is 2.34. The zero-order chi connectivity index (χ0) is 11.8. The van der Waals surface area contributed by atoms with Gasteiger partial charge < -0.3 is 5.73 Å². The van der Waals surface area contributed by atoms with Crippen molar-refractivity contribution in [3.05, 3.63) is 35.9 Å². The molecule has 0 aliphatic rings. The maximum atomic E-state index is 5.87. The molecule has 0 aliphatic carbocycles. The van der Waals surface area contributed by atoms with Gasteiger partial charge in [-0.2, -0.15) is 0 Å². The fourth-order valence-electron chi connectivity index (χ4n) is 1.53. The molecule has 0 bridgehead atoms. The SMILES string of the molecule is CCC(N)NC(CC)NCc1ccccc1. The molecular weight excluding hydrogens is 198 g/mol. The van der Waals surface area contributed by atoms with E-state index in [-0.39, 0.29) is 12.3 Å². The molecule has 2 unspecified atom stereocenters. The largest absolute Gasteiger partial charge is 0.316 e. The lowest BCUT2D eigenvalue weighted by Crippen LogP contribution is -2.50. The van der Waals surface area contributed by atoms with Crippen LogP contribution in [-0.4, -0.2) is 12.3 Å². The van der Waals surface area contributed by atoms with Crippen LogP contribution in [0.5, 0.6) is 0 Å². The zero-order valence-corrected chi connectivity index (χ0v) is 10.2. The lowest BCUT2D eigenvalue weighted by molar-refractivity contribution is 0.357. The Morgan fingerprint density at radius 2 is 1.81 bits per heavy atom. The first-order chi connectivity index (χ1) is 7.76. The molecule has 0 amide bonds. The van der Waals surface area contributed by atoms with Crippen molar-refractivity contribution < 1.29 is 0 Å². The fraction of sp³-hybridized carbons (Fsp3) is 0.538. The van der Waals surface area contributed by atoms with Crippen LogP contribution in [0.1, 0.15) is 32.3 Å². The second-order valence-corrected chi connectivity index (χ2v) is 4.01. The van der Waals surface area contributed by atoms with Crippen molar-refractivity contribution in [1.82, 2.24) is 10.6 Å². The van der Waals surface area contributed by atoms with Crippen LogP contribution >= 0.6 is 0 Å². The molecule has 0 radical (unpaired) electrons. The maximum Gasteiger partial charge on any atom is 0.0583 e. The molecule has 4 N–H and O–H groups in total. The molecule has 2 atom stereocenters. The van der Waals surface area contributed by atoms with E-state index in [0.29, 0.717) is 0 Å². The van der Waals surface area contributed by atoms with Crippen LogP contribution in [0.25, 0.3) is 0 Å². The van der Waals surface area contributed by atoms with E-state index in [2.05, 4.69) is 48.7 Å². The third-order valence-corrected chi connectivity index (χ3v) is 2.66. The molecule has 0 spiro atoms. The lowest BCUT2D eigenvalue weighted by Gasteiger charge is -2.22. The Morgan fingerprint density at radius 1 is 1.12 bits per heavy atom. The lowest BCUT2D eigenvalue weighted by atomic mass is 10.2. The van der Waals surface area contributed by atoms with E-state index in [0.717, 1.165) is 19.4 Å². The molecule has 1 rings (SSSR count). The van der Waals surface area contributed by atoms with Crippen LogP contribution < -0.4 is 16.4 Å². The van der Waals surface area contributed by atoms with Crippen LogP contribution in [0.15, 0.2) is 30.3 Å². The predicted molar refractivity (Wildman–Crippen MR) is 68.8 cm³/mol. The Morgan fingerprint density at radius 3 is 2.38 bits per heavy atom. The smallest absolute Gasteiger partial charge is 0.0583 e. The number of hydrogen-bond donors (Lipinski definition) is 3. The minimum absolute atomic E-state index is 0.0771. The summed E-state index contributed by atoms with van der Waals surface area (Å²) < 4.78 is 0. The number of hydrogen-bond acceptors (Lipinski definition) is 3. The van der Waals surface area contributed by atoms with Crippen molar-refractivity contribution in [2.45, 2.75) is 45.6 Å². The summed E-state index contributed by atoms with van der Waals surface area (Å²) in [5.41, 5.74) is 7.17. The molecule has 0 aliphatic heterocycles. The van der Waals surface area contributed by atoms with Crippen LogP contribution in [0.2, 0.25) is 0 Å². The van der Waals surface area contributed by atoms with E-state index in [1.165, 1.54) is 5.56 Å². The number of nitrogens with one attached hydrogen (secondary N) is 2. The molecule has 0 heterocycles. The molecule has 3 heteroatoms. The Bertz CT molecular complexity index is 274. The minimum Gasteiger partial charge on any atom is -0.316 e. The van der Waals surface area contributed by atoms with Crippen molar-refractivity contribution in [3.63, 3.8) is 0 Å². The summed E-state index contributed by atoms with van der Waals surface area (Å²) >= 11 is 0. The summed E-state index contributed by atoms with van der Waals surface area (Å²) in [5.74, 6) is 0. The van der Waals surface area contributed by atoms with Gasteiger partial charge in [0, 0.05) is 6.54 Å². The van der Waals surface area contributed by atoms with Gasteiger partial charge in [-0.05, 0) is 18.4 Å². The zero-order valence-electron chi connectivity index (χ0n) is 10.2. The van der Waals surface area contributed by atoms with Gasteiger partial charge in [-0.25, -0.2) is 0 Å². The van der Waals surface area contributed by atoms with Crippen LogP contribution in [0.4, 0.5) is 0 Å². The Kier molecular flexibility index (Phi) is 6.08. The summed E-state index contributed by atoms with van der Waals surface area (Å²) in [4.78, 5) is 0. The quantitative estimate of drug-likeness (QED) is 0.615. The first kappa shape index (κ1) is 13.2. The highest BCUT2D eigenvalue weighted by atomic mass is 15.2. The van der Waals surface area contributed by atoms with Crippen LogP contribution in [0.3, 0.4) is 0 Å². The van der Waals surface area contributed by atoms with Crippen LogP contribution in [0, 0.1) is 0 Å². The standard InChI is InChI=1S/C13H23N3/c1-3-12(14)16-13(4-2)15-10-11-8-6-5-7-9-11/h5-9,12-13,15-16H,3-4,10,14H2,1-2H3. The molecule has 0 fully saturated rings. The molecule has 1 aromatic rings. The molecule has 1 aromatic carbocycles. The van der Waals surface area contributed by atoms with E-state index >= 15 is 0 Å². The summed E-state index contributed by atoms with van der Waals surface area (Å²) in [5, 5.41) is 6.81. The van der Waals surface area contributed by atoms with Gasteiger partial charge in [0.15, 0.2) is 0 Å². The second-order valence-electron chi connectivity index (χ2n) is 4.01. The highest BCUT2D eigenvalue weighted by molar-refractivity contribution is 5.14. The predicted octanol–water partition coefficient (Wildman–Crippen LogP) is 1.80. The van der Waals surface area contributed by atoms with Gasteiger partial charge in [0.25, 0.3) is 0 Å². The number of nitrogens with two attached hydrogens (primary N) is 1. The number of benzene rings is 1. The van der Waals surface area contributed by atoms with E-state index in [9.17, 15) is 0 Å². The van der Waals surface area contributed by atoms with Crippen LogP contribution in [-0.2, 0) is 6.54 Å². The molecule has 0 aromatic heterocycles. The highest BCUT2D eigenvalue weighted by Gasteiger charge is 2.07. The monoisotopic (exact) mass is 221 g/mol. The van der Waals surface area contributed by atoms with E-state index in [1.54, 1.807) is 0 Å². The average molecular weight is 221 g/mol. The van der Waals surface area contributed by atoms with Crippen molar-refractivity contribution in [3.8, 4) is 0 Å². The van der Waals surface area contributed by atoms with Gasteiger partial charge in [-0.1, -0.05) is 44.2 Å². The fourth-order valence-corrected chi connectivity index (χ4v) is 1.53. The van der Waals surface area contributed by atoms with Gasteiger partial charge in [0.05, 0.1) is 12.3 Å². The summed E-state index contributed by atoms with van der Waals surface area (Å²) in [6, 6.07) is 10.4. The van der Waals surface area contributed by atoms with E-state index in [1.807, 2.05) is 6.07 Å². The molecule has 90 valence electrons. The first-order valence-electron chi connectivity index (χ1n) is 6.05. The van der Waals surface area contributed by atoms with Gasteiger partial charge in [-0.15, -0.1) is 0 Å². The molecule has 16 heavy (non-hydrogen) atoms. The summed E-state index contributed by atoms with van der Waals surface area (Å²) in [6.07, 6.45) is 2.34. The third kappa shape index (κ3) is 4.75. The topological polar surface area (TPSA) is 50.1 Å².